The molecule has 6 rings (SSSR count). The third-order valence-electron chi connectivity index (χ3n) is 9.32. The van der Waals surface area contributed by atoms with Crippen LogP contribution < -0.4 is 16.0 Å². The van der Waals surface area contributed by atoms with Gasteiger partial charge in [-0.1, -0.05) is 60.7 Å². The molecule has 17 nitrogen and oxygen atoms in total. The smallest absolute Gasteiger partial charge is 0.475 e. The molecule has 0 saturated heterocycles. The predicted octanol–water partition coefficient (Wildman–Crippen LogP) is 2.10. The molecule has 1 aliphatic rings. The van der Waals surface area contributed by atoms with Crippen molar-refractivity contribution in [2.45, 2.75) is 55.8 Å². The maximum absolute atomic E-state index is 13.5. The molecule has 5 aromatic rings. The number of hydrogen-bond donors (Lipinski definition) is 7. The topological polar surface area (TPSA) is 233 Å². The third-order valence-corrected chi connectivity index (χ3v) is 9.32. The summed E-state index contributed by atoms with van der Waals surface area (Å²) in [6.07, 6.45) is -1.93. The number of nitrogens with one attached hydrogen (secondary N) is 3. The number of aromatic nitrogens is 6. The lowest BCUT2D eigenvalue weighted by molar-refractivity contribution is -0.192. The first-order valence-electron chi connectivity index (χ1n) is 18.3. The van der Waals surface area contributed by atoms with E-state index in [9.17, 15) is 38.1 Å². The van der Waals surface area contributed by atoms with Crippen LogP contribution in [-0.4, -0.2) is 131 Å². The zero-order valence-corrected chi connectivity index (χ0v) is 31.6. The number of aliphatic hydroxyl groups excluding tert-OH is 3. The van der Waals surface area contributed by atoms with Gasteiger partial charge in [0.05, 0.1) is 37.8 Å². The Balaban J connectivity index is 0.000000839. The Morgan fingerprint density at radius 1 is 0.931 bits per heavy atom. The fraction of sp³-hybridized carbons (Fsp3) is 0.395. The van der Waals surface area contributed by atoms with Crippen molar-refractivity contribution in [1.29, 1.82) is 0 Å². The van der Waals surface area contributed by atoms with E-state index in [2.05, 4.69) is 60.3 Å². The number of likely N-dealkylation sites (N-methyl/N-ethyl adjacent to an activating group) is 1. The molecule has 4 atom stereocenters. The molecule has 3 aromatic heterocycles. The van der Waals surface area contributed by atoms with Gasteiger partial charge in [0.15, 0.2) is 11.5 Å². The lowest BCUT2D eigenvalue weighted by Crippen LogP contribution is -2.35. The lowest BCUT2D eigenvalue weighted by atomic mass is 9.91. The fourth-order valence-corrected chi connectivity index (χ4v) is 6.49. The van der Waals surface area contributed by atoms with E-state index in [1.807, 2.05) is 50.5 Å². The summed E-state index contributed by atoms with van der Waals surface area (Å²) < 4.78 is 35.0. The summed E-state index contributed by atoms with van der Waals surface area (Å²) in [6, 6.07) is 19.0. The highest BCUT2D eigenvalue weighted by molar-refractivity contribution is 5.94. The summed E-state index contributed by atoms with van der Waals surface area (Å²) >= 11 is 0. The first kappa shape index (κ1) is 43.2. The number of alkyl halides is 3. The van der Waals surface area contributed by atoms with Gasteiger partial charge in [0.1, 0.15) is 17.7 Å². The molecule has 1 fully saturated rings. The quantitative estimate of drug-likeness (QED) is 0.0752. The van der Waals surface area contributed by atoms with Crippen molar-refractivity contribution < 1.29 is 48.0 Å². The van der Waals surface area contributed by atoms with Gasteiger partial charge in [-0.2, -0.15) is 18.3 Å². The number of halogens is 3. The zero-order chi connectivity index (χ0) is 42.0. The molecule has 3 heterocycles. The zero-order valence-electron chi connectivity index (χ0n) is 31.6. The van der Waals surface area contributed by atoms with Crippen molar-refractivity contribution in [3.63, 3.8) is 0 Å². The lowest BCUT2D eigenvalue weighted by Gasteiger charge is -2.20. The summed E-state index contributed by atoms with van der Waals surface area (Å²) in [6.45, 7) is 1.19. The van der Waals surface area contributed by atoms with Crippen molar-refractivity contribution in [3.05, 3.63) is 102 Å². The van der Waals surface area contributed by atoms with Crippen LogP contribution in [0.15, 0.2) is 79.4 Å². The molecule has 20 heteroatoms. The molecular weight excluding hydrogens is 765 g/mol. The fourth-order valence-electron chi connectivity index (χ4n) is 6.49. The maximum Gasteiger partial charge on any atom is 0.490 e. The first-order valence-corrected chi connectivity index (χ1v) is 18.3. The molecule has 0 radical (unpaired) electrons. The second-order valence-electron chi connectivity index (χ2n) is 13.8. The molecule has 7 N–H and O–H groups in total. The van der Waals surface area contributed by atoms with Crippen LogP contribution >= 0.6 is 0 Å². The summed E-state index contributed by atoms with van der Waals surface area (Å²) in [4.78, 5) is 50.0. The van der Waals surface area contributed by atoms with Gasteiger partial charge in [-0.3, -0.25) is 14.3 Å². The van der Waals surface area contributed by atoms with E-state index in [1.54, 1.807) is 26.7 Å². The third kappa shape index (κ3) is 10.9. The Hall–Kier alpha value is -5.96. The summed E-state index contributed by atoms with van der Waals surface area (Å²) in [5.41, 5.74) is 3.51. The second-order valence-corrected chi connectivity index (χ2v) is 13.8. The Bertz CT molecular complexity index is 2090. The molecule has 0 aliphatic heterocycles. The molecule has 1 aliphatic carbocycles. The number of amides is 2. The molecule has 2 aromatic carbocycles. The van der Waals surface area contributed by atoms with Crippen LogP contribution in [-0.2, 0) is 16.2 Å². The minimum atomic E-state index is -5.08. The van der Waals surface area contributed by atoms with Crippen molar-refractivity contribution in [2.24, 2.45) is 0 Å². The summed E-state index contributed by atoms with van der Waals surface area (Å²) in [7, 11) is 3.63. The van der Waals surface area contributed by atoms with Gasteiger partial charge in [0, 0.05) is 37.3 Å². The maximum atomic E-state index is 13.5. The number of carbonyl (C=O) groups is 3. The standard InChI is InChI=1S/C36H44N10O5.C2HF3O2/c1-44(2)20-29(48)37-14-9-15-38-36(51)34-42-33(39-18-26(24-10-5-3-6-11-24)25-12-7-4-8-13-25)30-35(43-34)45(22-40-30)27-16-28(32(50)31(27)49)46-19-23(21-47)17-41-46;3-2(4,5)1(6)7/h3-8,10-13,17,19,22,26-28,31-32,47,49-50H,9,14-16,18,20-21H2,1-2H3,(H,37,48)(H,38,51)(H,39,42,43);(H,6,7)/t27-,28+,31+,32-;/m1./s1. The van der Waals surface area contributed by atoms with Crippen molar-refractivity contribution in [1.82, 2.24) is 44.8 Å². The van der Waals surface area contributed by atoms with Gasteiger partial charge < -0.3 is 45.8 Å². The molecule has 58 heavy (non-hydrogen) atoms. The Labute approximate surface area is 330 Å². The van der Waals surface area contributed by atoms with E-state index in [0.29, 0.717) is 42.1 Å². The van der Waals surface area contributed by atoms with Crippen LogP contribution in [0.1, 0.15) is 58.2 Å². The van der Waals surface area contributed by atoms with E-state index >= 15 is 0 Å². The average Bonchev–Trinajstić information content (AvgIpc) is 3.92. The van der Waals surface area contributed by atoms with Crippen molar-refractivity contribution in [2.75, 3.05) is 45.6 Å². The molecule has 1 saturated carbocycles. The molecule has 0 unspecified atom stereocenters. The van der Waals surface area contributed by atoms with Gasteiger partial charge in [-0.25, -0.2) is 19.7 Å². The second kappa shape index (κ2) is 19.5. The van der Waals surface area contributed by atoms with Crippen LogP contribution in [0.2, 0.25) is 0 Å². The van der Waals surface area contributed by atoms with Gasteiger partial charge in [-0.15, -0.1) is 0 Å². The van der Waals surface area contributed by atoms with E-state index in [4.69, 9.17) is 9.90 Å². The minimum Gasteiger partial charge on any atom is -0.475 e. The van der Waals surface area contributed by atoms with Gasteiger partial charge >= 0.3 is 12.1 Å². The molecule has 0 spiro atoms. The highest BCUT2D eigenvalue weighted by Crippen LogP contribution is 2.40. The van der Waals surface area contributed by atoms with Crippen LogP contribution in [0, 0.1) is 0 Å². The Morgan fingerprint density at radius 3 is 2.10 bits per heavy atom. The predicted molar refractivity (Wildman–Crippen MR) is 204 cm³/mol. The number of carbonyl (C=O) groups excluding carboxylic acids is 2. The van der Waals surface area contributed by atoms with Gasteiger partial charge in [-0.05, 0) is 38.1 Å². The van der Waals surface area contributed by atoms with E-state index in [1.165, 1.54) is 6.20 Å². The van der Waals surface area contributed by atoms with Crippen LogP contribution in [0.3, 0.4) is 0 Å². The molecular formula is C38H45F3N10O7. The van der Waals surface area contributed by atoms with Crippen molar-refractivity contribution in [3.8, 4) is 0 Å². The minimum absolute atomic E-state index is 0.0510. The number of aliphatic carboxylic acids is 1. The largest absolute Gasteiger partial charge is 0.490 e. The molecule has 2 amide bonds. The Morgan fingerprint density at radius 2 is 1.53 bits per heavy atom. The summed E-state index contributed by atoms with van der Waals surface area (Å²) in [5, 5.41) is 52.4. The SMILES string of the molecule is CN(C)CC(=O)NCCCNC(=O)c1nc(NCC(c2ccccc2)c2ccccc2)c2ncn([C@@H]3C[C@H](n4cc(CO)cn4)[C@@H](O)[C@H]3O)c2n1.O=C(O)C(F)(F)F. The van der Waals surface area contributed by atoms with E-state index in [-0.39, 0.29) is 43.8 Å². The van der Waals surface area contributed by atoms with Gasteiger partial charge in [0.25, 0.3) is 5.91 Å². The average molecular weight is 811 g/mol. The summed E-state index contributed by atoms with van der Waals surface area (Å²) in [5.74, 6) is -3.16. The number of benzene rings is 2. The normalized spacial score (nSPS) is 17.9. The first-order chi connectivity index (χ1) is 27.7. The number of imidazole rings is 1. The molecule has 0 bridgehead atoms. The van der Waals surface area contributed by atoms with Crippen LogP contribution in [0.5, 0.6) is 0 Å². The number of rotatable bonds is 15. The van der Waals surface area contributed by atoms with Crippen LogP contribution in [0.25, 0.3) is 11.2 Å². The van der Waals surface area contributed by atoms with Gasteiger partial charge in [0.2, 0.25) is 11.7 Å². The number of fused-ring (bicyclic) bond motifs is 1. The number of carboxylic acids is 1. The highest BCUT2D eigenvalue weighted by Gasteiger charge is 2.44. The van der Waals surface area contributed by atoms with Crippen LogP contribution in [0.4, 0.5) is 19.0 Å². The monoisotopic (exact) mass is 810 g/mol. The highest BCUT2D eigenvalue weighted by atomic mass is 19.4. The van der Waals surface area contributed by atoms with E-state index in [0.717, 1.165) is 11.1 Å². The number of aliphatic hydroxyl groups is 3. The number of carboxylic acid groups (broad SMARTS) is 1. The number of hydrogen-bond acceptors (Lipinski definition) is 12. The number of anilines is 1. The van der Waals surface area contributed by atoms with Crippen molar-refractivity contribution >= 4 is 34.8 Å². The van der Waals surface area contributed by atoms with E-state index < -0.39 is 42.3 Å². The Kier molecular flexibility index (Phi) is 14.5. The number of nitrogens with zero attached hydrogens (tertiary/aromatic N) is 7. The molecule has 310 valence electrons.